The molecular weight excluding hydrogens is 390 g/mol. The number of fused-ring (bicyclic) bond motifs is 1. The van der Waals surface area contributed by atoms with Crippen molar-refractivity contribution in [1.82, 2.24) is 15.2 Å². The standard InChI is InChI=1S/C25H35N3O3/c1-4-30-13-8-14-31-22-15-21(27-20-10-6-5-9-19(20)22)24(29)28(18(2)3)23-16-25(23)11-7-12-26-17-25/h5-6,9-10,15,18,23,26H,4,7-8,11-14,16-17H2,1-3H3. The first-order valence-electron chi connectivity index (χ1n) is 11.7. The third-order valence-corrected chi connectivity index (χ3v) is 6.57. The summed E-state index contributed by atoms with van der Waals surface area (Å²) in [5.74, 6) is 0.728. The Morgan fingerprint density at radius 2 is 2.16 bits per heavy atom. The molecule has 1 N–H and O–H groups in total. The van der Waals surface area contributed by atoms with E-state index in [1.165, 1.54) is 12.8 Å². The van der Waals surface area contributed by atoms with E-state index in [1.807, 2.05) is 37.3 Å². The number of benzene rings is 1. The van der Waals surface area contributed by atoms with Crippen molar-refractivity contribution >= 4 is 16.8 Å². The van der Waals surface area contributed by atoms with Gasteiger partial charge in [-0.15, -0.1) is 0 Å². The number of ether oxygens (including phenoxy) is 2. The molecule has 6 heteroatoms. The number of nitrogens with zero attached hydrogens (tertiary/aromatic N) is 2. The molecule has 1 saturated heterocycles. The lowest BCUT2D eigenvalue weighted by molar-refractivity contribution is 0.0642. The number of hydrogen-bond acceptors (Lipinski definition) is 5. The molecule has 168 valence electrons. The van der Waals surface area contributed by atoms with Crippen molar-refractivity contribution < 1.29 is 14.3 Å². The van der Waals surface area contributed by atoms with E-state index in [1.54, 1.807) is 0 Å². The Balaban J connectivity index is 1.57. The highest BCUT2D eigenvalue weighted by Gasteiger charge is 2.58. The summed E-state index contributed by atoms with van der Waals surface area (Å²) >= 11 is 0. The average molecular weight is 426 g/mol. The minimum absolute atomic E-state index is 0.00682. The van der Waals surface area contributed by atoms with E-state index in [0.29, 0.717) is 25.5 Å². The molecule has 2 fully saturated rings. The molecule has 2 aliphatic rings. The van der Waals surface area contributed by atoms with E-state index in [2.05, 4.69) is 24.1 Å². The number of para-hydroxylation sites is 1. The molecule has 1 saturated carbocycles. The first-order chi connectivity index (χ1) is 15.1. The first kappa shape index (κ1) is 22.0. The van der Waals surface area contributed by atoms with Gasteiger partial charge in [-0.3, -0.25) is 4.79 Å². The van der Waals surface area contributed by atoms with Crippen LogP contribution in [0.1, 0.15) is 56.9 Å². The summed E-state index contributed by atoms with van der Waals surface area (Å²) in [6.45, 7) is 10.2. The summed E-state index contributed by atoms with van der Waals surface area (Å²) in [5, 5.41) is 4.46. The number of rotatable bonds is 9. The molecule has 4 rings (SSSR count). The summed E-state index contributed by atoms with van der Waals surface area (Å²) in [6, 6.07) is 10.1. The van der Waals surface area contributed by atoms with Gasteiger partial charge in [0, 0.05) is 55.1 Å². The van der Waals surface area contributed by atoms with Gasteiger partial charge in [0.15, 0.2) is 0 Å². The second-order valence-corrected chi connectivity index (χ2v) is 9.09. The molecule has 2 atom stereocenters. The topological polar surface area (TPSA) is 63.7 Å². The van der Waals surface area contributed by atoms with Gasteiger partial charge in [-0.25, -0.2) is 4.98 Å². The predicted molar refractivity (Wildman–Crippen MR) is 123 cm³/mol. The highest BCUT2D eigenvalue weighted by molar-refractivity contribution is 5.97. The van der Waals surface area contributed by atoms with E-state index in [0.717, 1.165) is 42.6 Å². The molecule has 1 aromatic heterocycles. The van der Waals surface area contributed by atoms with Gasteiger partial charge in [-0.2, -0.15) is 0 Å². The molecule has 1 aliphatic heterocycles. The van der Waals surface area contributed by atoms with Gasteiger partial charge in [0.25, 0.3) is 5.91 Å². The maximum atomic E-state index is 13.7. The molecule has 31 heavy (non-hydrogen) atoms. The maximum absolute atomic E-state index is 13.7. The predicted octanol–water partition coefficient (Wildman–Crippen LogP) is 4.03. The third-order valence-electron chi connectivity index (χ3n) is 6.57. The van der Waals surface area contributed by atoms with Crippen LogP contribution in [0.5, 0.6) is 5.75 Å². The van der Waals surface area contributed by atoms with Gasteiger partial charge in [0.1, 0.15) is 11.4 Å². The summed E-state index contributed by atoms with van der Waals surface area (Å²) in [7, 11) is 0. The number of carbonyl (C=O) groups excluding carboxylic acids is 1. The molecule has 0 bridgehead atoms. The van der Waals surface area contributed by atoms with E-state index >= 15 is 0 Å². The van der Waals surface area contributed by atoms with Crippen LogP contribution in [-0.2, 0) is 4.74 Å². The number of hydrogen-bond donors (Lipinski definition) is 1. The van der Waals surface area contributed by atoms with Crippen LogP contribution in [0.2, 0.25) is 0 Å². The zero-order valence-corrected chi connectivity index (χ0v) is 19.0. The van der Waals surface area contributed by atoms with Crippen LogP contribution in [0.25, 0.3) is 10.9 Å². The molecule has 2 heterocycles. The smallest absolute Gasteiger partial charge is 0.273 e. The molecule has 0 radical (unpaired) electrons. The molecule has 1 amide bonds. The number of amides is 1. The zero-order valence-electron chi connectivity index (χ0n) is 19.0. The second kappa shape index (κ2) is 9.53. The Hall–Kier alpha value is -2.18. The van der Waals surface area contributed by atoms with Crippen molar-refractivity contribution in [3.63, 3.8) is 0 Å². The Kier molecular flexibility index (Phi) is 6.77. The number of carbonyl (C=O) groups is 1. The fraction of sp³-hybridized carbons (Fsp3) is 0.600. The molecule has 6 nitrogen and oxygen atoms in total. The third kappa shape index (κ3) is 4.70. The minimum Gasteiger partial charge on any atom is -0.493 e. The van der Waals surface area contributed by atoms with Crippen molar-refractivity contribution in [1.29, 1.82) is 0 Å². The van der Waals surface area contributed by atoms with Crippen LogP contribution in [0, 0.1) is 5.41 Å². The van der Waals surface area contributed by atoms with Gasteiger partial charge in [0.2, 0.25) is 0 Å². The molecule has 2 unspecified atom stereocenters. The Morgan fingerprint density at radius 1 is 1.32 bits per heavy atom. The molecule has 2 aromatic rings. The van der Waals surface area contributed by atoms with Crippen molar-refractivity contribution in [3.05, 3.63) is 36.0 Å². The van der Waals surface area contributed by atoms with E-state index < -0.39 is 0 Å². The van der Waals surface area contributed by atoms with Crippen LogP contribution >= 0.6 is 0 Å². The first-order valence-corrected chi connectivity index (χ1v) is 11.7. The second-order valence-electron chi connectivity index (χ2n) is 9.09. The maximum Gasteiger partial charge on any atom is 0.273 e. The highest BCUT2D eigenvalue weighted by atomic mass is 16.5. The van der Waals surface area contributed by atoms with Gasteiger partial charge >= 0.3 is 0 Å². The van der Waals surface area contributed by atoms with Crippen LogP contribution in [-0.4, -0.2) is 60.8 Å². The van der Waals surface area contributed by atoms with Gasteiger partial charge in [0.05, 0.1) is 12.1 Å². The summed E-state index contributed by atoms with van der Waals surface area (Å²) < 4.78 is 11.5. The van der Waals surface area contributed by atoms with E-state index in [-0.39, 0.29) is 23.4 Å². The van der Waals surface area contributed by atoms with Crippen LogP contribution in [0.15, 0.2) is 30.3 Å². The normalized spacial score (nSPS) is 22.8. The fourth-order valence-corrected chi connectivity index (χ4v) is 4.90. The molecule has 1 aromatic carbocycles. The minimum atomic E-state index is 0.00682. The quantitative estimate of drug-likeness (QED) is 0.615. The monoisotopic (exact) mass is 425 g/mol. The summed E-state index contributed by atoms with van der Waals surface area (Å²) in [4.78, 5) is 20.5. The lowest BCUT2D eigenvalue weighted by atomic mass is 9.95. The number of piperidine rings is 1. The Labute approximate surface area is 185 Å². The zero-order chi connectivity index (χ0) is 21.8. The van der Waals surface area contributed by atoms with E-state index in [4.69, 9.17) is 14.5 Å². The van der Waals surface area contributed by atoms with Crippen LogP contribution in [0.3, 0.4) is 0 Å². The fourth-order valence-electron chi connectivity index (χ4n) is 4.90. The molecular formula is C25H35N3O3. The van der Waals surface area contributed by atoms with Crippen molar-refractivity contribution in [3.8, 4) is 5.75 Å². The number of pyridine rings is 1. The summed E-state index contributed by atoms with van der Waals surface area (Å²) in [6.07, 6.45) is 4.27. The SMILES string of the molecule is CCOCCCOc1cc(C(=O)N(C(C)C)C2CC23CCCNC3)nc2ccccc12. The van der Waals surface area contributed by atoms with Gasteiger partial charge in [-0.1, -0.05) is 12.1 Å². The lowest BCUT2D eigenvalue weighted by Crippen LogP contribution is -2.44. The van der Waals surface area contributed by atoms with Gasteiger partial charge in [-0.05, 0) is 58.7 Å². The Morgan fingerprint density at radius 3 is 2.90 bits per heavy atom. The number of aromatic nitrogens is 1. The highest BCUT2D eigenvalue weighted by Crippen LogP contribution is 2.54. The average Bonchev–Trinajstić information content (AvgIpc) is 3.44. The van der Waals surface area contributed by atoms with Crippen LogP contribution in [0.4, 0.5) is 0 Å². The van der Waals surface area contributed by atoms with Crippen molar-refractivity contribution in [2.24, 2.45) is 5.41 Å². The lowest BCUT2D eigenvalue weighted by Gasteiger charge is -2.32. The largest absolute Gasteiger partial charge is 0.493 e. The van der Waals surface area contributed by atoms with Crippen LogP contribution < -0.4 is 10.1 Å². The number of nitrogens with one attached hydrogen (secondary N) is 1. The Bertz CT molecular complexity index is 908. The summed E-state index contributed by atoms with van der Waals surface area (Å²) in [5.41, 5.74) is 1.51. The van der Waals surface area contributed by atoms with Gasteiger partial charge < -0.3 is 19.7 Å². The molecule has 1 spiro atoms. The van der Waals surface area contributed by atoms with E-state index in [9.17, 15) is 4.79 Å². The molecule has 1 aliphatic carbocycles. The van der Waals surface area contributed by atoms with Crippen molar-refractivity contribution in [2.75, 3.05) is 32.9 Å². The van der Waals surface area contributed by atoms with Crippen molar-refractivity contribution in [2.45, 2.75) is 58.5 Å².